The van der Waals surface area contributed by atoms with Crippen molar-refractivity contribution in [3.63, 3.8) is 0 Å². The van der Waals surface area contributed by atoms with Crippen LogP contribution in [0.15, 0.2) is 0 Å². The van der Waals surface area contributed by atoms with Crippen LogP contribution < -0.4 is 5.32 Å². The summed E-state index contributed by atoms with van der Waals surface area (Å²) in [5.74, 6) is 0.926. The standard InChI is InChI=1S/C9H18N2/c1-11(2)9-5-8-4-3-7(9)6-10-8/h7-10H,3-6H2,1-2H3/t7-,8+,9-/m0/s1. The van der Waals surface area contributed by atoms with E-state index in [4.69, 9.17) is 0 Å². The number of fused-ring (bicyclic) bond motifs is 3. The van der Waals surface area contributed by atoms with Crippen molar-refractivity contribution in [1.82, 2.24) is 10.2 Å². The minimum absolute atomic E-state index is 0.826. The molecule has 2 aliphatic heterocycles. The van der Waals surface area contributed by atoms with Crippen molar-refractivity contribution < 1.29 is 0 Å². The molecule has 1 aliphatic carbocycles. The van der Waals surface area contributed by atoms with Crippen molar-refractivity contribution in [2.75, 3.05) is 20.6 Å². The van der Waals surface area contributed by atoms with Crippen LogP contribution in [-0.2, 0) is 0 Å². The van der Waals surface area contributed by atoms with Gasteiger partial charge in [-0.3, -0.25) is 0 Å². The van der Waals surface area contributed by atoms with Crippen LogP contribution in [0.3, 0.4) is 0 Å². The molecule has 64 valence electrons. The highest BCUT2D eigenvalue weighted by molar-refractivity contribution is 4.94. The highest BCUT2D eigenvalue weighted by Gasteiger charge is 2.35. The zero-order valence-electron chi connectivity index (χ0n) is 7.51. The first kappa shape index (κ1) is 7.56. The van der Waals surface area contributed by atoms with Gasteiger partial charge < -0.3 is 10.2 Å². The highest BCUT2D eigenvalue weighted by Crippen LogP contribution is 2.31. The van der Waals surface area contributed by atoms with Gasteiger partial charge in [0.2, 0.25) is 0 Å². The number of nitrogens with zero attached hydrogens (tertiary/aromatic N) is 1. The van der Waals surface area contributed by atoms with E-state index in [1.165, 1.54) is 25.8 Å². The molecule has 1 saturated carbocycles. The Bertz CT molecular complexity index is 136. The minimum Gasteiger partial charge on any atom is -0.314 e. The normalized spacial score (nSPS) is 43.4. The molecule has 0 spiro atoms. The maximum atomic E-state index is 3.58. The second-order valence-electron chi connectivity index (χ2n) is 4.21. The Hall–Kier alpha value is -0.0800. The topological polar surface area (TPSA) is 15.3 Å². The first-order valence-corrected chi connectivity index (χ1v) is 4.67. The maximum Gasteiger partial charge on any atom is 0.0144 e. The van der Waals surface area contributed by atoms with E-state index in [-0.39, 0.29) is 0 Å². The van der Waals surface area contributed by atoms with Crippen molar-refractivity contribution in [2.45, 2.75) is 31.3 Å². The van der Waals surface area contributed by atoms with Gasteiger partial charge in [-0.2, -0.15) is 0 Å². The third kappa shape index (κ3) is 1.30. The Balaban J connectivity index is 2.03. The molecule has 3 rings (SSSR count). The monoisotopic (exact) mass is 154 g/mol. The molecule has 3 atom stereocenters. The number of hydrogen-bond acceptors (Lipinski definition) is 2. The summed E-state index contributed by atoms with van der Waals surface area (Å²) in [6.07, 6.45) is 4.23. The van der Waals surface area contributed by atoms with E-state index >= 15 is 0 Å². The molecule has 0 unspecified atom stereocenters. The van der Waals surface area contributed by atoms with Gasteiger partial charge >= 0.3 is 0 Å². The van der Waals surface area contributed by atoms with Gasteiger partial charge in [0.15, 0.2) is 0 Å². The Labute approximate surface area is 69.0 Å². The quantitative estimate of drug-likeness (QED) is 0.598. The summed E-state index contributed by atoms with van der Waals surface area (Å²) in [5, 5.41) is 3.58. The smallest absolute Gasteiger partial charge is 0.0144 e. The molecule has 0 amide bonds. The van der Waals surface area contributed by atoms with Gasteiger partial charge in [0.1, 0.15) is 0 Å². The van der Waals surface area contributed by atoms with Gasteiger partial charge in [-0.1, -0.05) is 0 Å². The van der Waals surface area contributed by atoms with Crippen LogP contribution in [0, 0.1) is 5.92 Å². The molecule has 1 N–H and O–H groups in total. The molecule has 11 heavy (non-hydrogen) atoms. The lowest BCUT2D eigenvalue weighted by atomic mass is 9.77. The predicted molar refractivity (Wildman–Crippen MR) is 46.6 cm³/mol. The van der Waals surface area contributed by atoms with Crippen molar-refractivity contribution in [3.05, 3.63) is 0 Å². The molecule has 0 aromatic heterocycles. The molecule has 2 heteroatoms. The van der Waals surface area contributed by atoms with Crippen LogP contribution in [0.4, 0.5) is 0 Å². The third-order valence-electron chi connectivity index (χ3n) is 3.29. The molecule has 2 heterocycles. The average Bonchev–Trinajstić information content (AvgIpc) is 2.06. The van der Waals surface area contributed by atoms with Gasteiger partial charge in [-0.25, -0.2) is 0 Å². The van der Waals surface area contributed by atoms with E-state index in [9.17, 15) is 0 Å². The van der Waals surface area contributed by atoms with Crippen LogP contribution in [0.1, 0.15) is 19.3 Å². The molecule has 3 aliphatic rings. The van der Waals surface area contributed by atoms with Crippen LogP contribution in [0.5, 0.6) is 0 Å². The SMILES string of the molecule is CN(C)[C@H]1C[C@H]2CC[C@H]1CN2. The summed E-state index contributed by atoms with van der Waals surface area (Å²) in [6, 6.07) is 1.68. The first-order valence-electron chi connectivity index (χ1n) is 4.67. The molecule has 0 aromatic rings. The molecular weight excluding hydrogens is 136 g/mol. The van der Waals surface area contributed by atoms with Crippen LogP contribution in [0.2, 0.25) is 0 Å². The average molecular weight is 154 g/mol. The van der Waals surface area contributed by atoms with Crippen molar-refractivity contribution in [3.8, 4) is 0 Å². The van der Waals surface area contributed by atoms with Gasteiger partial charge in [0.05, 0.1) is 0 Å². The lowest BCUT2D eigenvalue weighted by Gasteiger charge is -2.45. The Morgan fingerprint density at radius 3 is 2.36 bits per heavy atom. The van der Waals surface area contributed by atoms with E-state index in [0.717, 1.165) is 18.0 Å². The van der Waals surface area contributed by atoms with E-state index in [2.05, 4.69) is 24.3 Å². The van der Waals surface area contributed by atoms with Crippen molar-refractivity contribution in [2.24, 2.45) is 5.92 Å². The molecule has 2 bridgehead atoms. The van der Waals surface area contributed by atoms with Crippen molar-refractivity contribution >= 4 is 0 Å². The second-order valence-corrected chi connectivity index (χ2v) is 4.21. The zero-order valence-corrected chi connectivity index (χ0v) is 7.51. The van der Waals surface area contributed by atoms with Crippen LogP contribution in [-0.4, -0.2) is 37.6 Å². The minimum atomic E-state index is 0.826. The van der Waals surface area contributed by atoms with Crippen LogP contribution >= 0.6 is 0 Å². The summed E-state index contributed by atoms with van der Waals surface area (Å²) in [5.41, 5.74) is 0. The zero-order chi connectivity index (χ0) is 7.84. The summed E-state index contributed by atoms with van der Waals surface area (Å²) >= 11 is 0. The summed E-state index contributed by atoms with van der Waals surface area (Å²) in [4.78, 5) is 2.40. The Morgan fingerprint density at radius 2 is 2.09 bits per heavy atom. The lowest BCUT2D eigenvalue weighted by molar-refractivity contribution is 0.0885. The molecule has 0 radical (unpaired) electrons. The maximum absolute atomic E-state index is 3.58. The fraction of sp³-hybridized carbons (Fsp3) is 1.00. The summed E-state index contributed by atoms with van der Waals surface area (Å²) < 4.78 is 0. The number of hydrogen-bond donors (Lipinski definition) is 1. The van der Waals surface area contributed by atoms with Crippen LogP contribution in [0.25, 0.3) is 0 Å². The van der Waals surface area contributed by atoms with Gasteiger partial charge in [0, 0.05) is 12.1 Å². The number of piperidine rings is 2. The van der Waals surface area contributed by atoms with Gasteiger partial charge in [-0.15, -0.1) is 0 Å². The van der Waals surface area contributed by atoms with Gasteiger partial charge in [0.25, 0.3) is 0 Å². The Morgan fingerprint density at radius 1 is 1.27 bits per heavy atom. The Kier molecular flexibility index (Phi) is 1.90. The predicted octanol–water partition coefficient (Wildman–Crippen LogP) is 0.688. The first-order chi connectivity index (χ1) is 5.27. The molecular formula is C9H18N2. The fourth-order valence-corrected chi connectivity index (χ4v) is 2.58. The van der Waals surface area contributed by atoms with E-state index in [1.54, 1.807) is 0 Å². The fourth-order valence-electron chi connectivity index (χ4n) is 2.58. The third-order valence-corrected chi connectivity index (χ3v) is 3.29. The number of nitrogens with one attached hydrogen (secondary N) is 1. The molecule has 3 fully saturated rings. The summed E-state index contributed by atoms with van der Waals surface area (Å²) in [6.45, 7) is 1.26. The van der Waals surface area contributed by atoms with E-state index < -0.39 is 0 Å². The summed E-state index contributed by atoms with van der Waals surface area (Å²) in [7, 11) is 4.43. The second kappa shape index (κ2) is 2.76. The lowest BCUT2D eigenvalue weighted by Crippen LogP contribution is -2.55. The molecule has 0 aromatic carbocycles. The number of rotatable bonds is 1. The van der Waals surface area contributed by atoms with Crippen molar-refractivity contribution in [1.29, 1.82) is 0 Å². The molecule has 2 saturated heterocycles. The van der Waals surface area contributed by atoms with E-state index in [0.29, 0.717) is 0 Å². The largest absolute Gasteiger partial charge is 0.314 e. The van der Waals surface area contributed by atoms with E-state index in [1.807, 2.05) is 0 Å². The van der Waals surface area contributed by atoms with Gasteiger partial charge in [-0.05, 0) is 45.8 Å². The highest BCUT2D eigenvalue weighted by atomic mass is 15.1. The molecule has 2 nitrogen and oxygen atoms in total.